The van der Waals surface area contributed by atoms with Crippen LogP contribution in [-0.2, 0) is 16.4 Å². The minimum absolute atomic E-state index is 0.299. The van der Waals surface area contributed by atoms with Crippen molar-refractivity contribution in [3.05, 3.63) is 71.5 Å². The normalized spacial score (nSPS) is 13.9. The Bertz CT molecular complexity index is 1040. The molecule has 0 spiro atoms. The van der Waals surface area contributed by atoms with E-state index < -0.39 is 10.0 Å². The summed E-state index contributed by atoms with van der Waals surface area (Å²) in [5, 5.41) is 4.48. The minimum Gasteiger partial charge on any atom is -0.266 e. The van der Waals surface area contributed by atoms with Crippen LogP contribution < -0.4 is 4.31 Å². The van der Waals surface area contributed by atoms with Gasteiger partial charge in [-0.2, -0.15) is 5.10 Å². The number of benzene rings is 2. The maximum absolute atomic E-state index is 13.4. The summed E-state index contributed by atoms with van der Waals surface area (Å²) in [6, 6.07) is 17.3. The van der Waals surface area contributed by atoms with Crippen molar-refractivity contribution in [2.24, 2.45) is 0 Å². The lowest BCUT2D eigenvalue weighted by Crippen LogP contribution is -2.30. The molecule has 0 aliphatic carbocycles. The zero-order valence-electron chi connectivity index (χ0n) is 14.2. The first-order valence-corrected chi connectivity index (χ1v) is 9.66. The van der Waals surface area contributed by atoms with Crippen LogP contribution in [0.4, 0.5) is 5.69 Å². The highest BCUT2D eigenvalue weighted by Gasteiger charge is 2.35. The summed E-state index contributed by atoms with van der Waals surface area (Å²) < 4.78 is 29.9. The zero-order chi connectivity index (χ0) is 17.6. The van der Waals surface area contributed by atoms with Gasteiger partial charge in [0.25, 0.3) is 10.0 Å². The summed E-state index contributed by atoms with van der Waals surface area (Å²) in [5.74, 6) is 0. The largest absolute Gasteiger partial charge is 0.268 e. The van der Waals surface area contributed by atoms with Crippen LogP contribution >= 0.6 is 0 Å². The number of aryl methyl sites for hydroxylation is 1. The van der Waals surface area contributed by atoms with Crippen LogP contribution in [-0.4, -0.2) is 24.7 Å². The van der Waals surface area contributed by atoms with Crippen LogP contribution in [0.5, 0.6) is 0 Å². The highest BCUT2D eigenvalue weighted by atomic mass is 32.2. The second-order valence-electron chi connectivity index (χ2n) is 6.20. The Morgan fingerprint density at radius 2 is 1.64 bits per heavy atom. The number of hydrogen-bond acceptors (Lipinski definition) is 3. The predicted molar refractivity (Wildman–Crippen MR) is 97.7 cm³/mol. The number of sulfonamides is 1. The molecular formula is C19H19N3O2S. The topological polar surface area (TPSA) is 55.2 Å². The Morgan fingerprint density at radius 1 is 0.960 bits per heavy atom. The third-order valence-electron chi connectivity index (χ3n) is 4.62. The molecule has 0 unspecified atom stereocenters. The fraction of sp³-hybridized carbons (Fsp3) is 0.211. The summed E-state index contributed by atoms with van der Waals surface area (Å²) in [6.07, 6.45) is 0.736. The molecule has 25 heavy (non-hydrogen) atoms. The Morgan fingerprint density at radius 3 is 2.40 bits per heavy atom. The second kappa shape index (κ2) is 5.74. The van der Waals surface area contributed by atoms with Crippen LogP contribution in [0.15, 0.2) is 59.5 Å². The number of para-hydroxylation sites is 2. The van der Waals surface area contributed by atoms with Gasteiger partial charge in [0.05, 0.1) is 22.8 Å². The molecule has 0 saturated heterocycles. The number of anilines is 1. The Labute approximate surface area is 147 Å². The standard InChI is InChI=1S/C19H19N3O2S/c1-14-19(15(2)22(20-14)17-9-4-3-5-10-17)25(23,24)21-13-12-16-8-6-7-11-18(16)21/h3-11H,12-13H2,1-2H3. The average molecular weight is 353 g/mol. The Balaban J connectivity index is 1.84. The number of fused-ring (bicyclic) bond motifs is 1. The molecule has 1 aliphatic heterocycles. The smallest absolute Gasteiger partial charge is 0.266 e. The van der Waals surface area contributed by atoms with E-state index in [1.807, 2.05) is 61.5 Å². The van der Waals surface area contributed by atoms with E-state index in [-0.39, 0.29) is 0 Å². The first-order valence-electron chi connectivity index (χ1n) is 8.22. The van der Waals surface area contributed by atoms with Crippen molar-refractivity contribution in [3.63, 3.8) is 0 Å². The third kappa shape index (κ3) is 2.44. The first-order chi connectivity index (χ1) is 12.0. The van der Waals surface area contributed by atoms with E-state index in [4.69, 9.17) is 0 Å². The van der Waals surface area contributed by atoms with E-state index in [1.54, 1.807) is 11.6 Å². The molecule has 0 bridgehead atoms. The second-order valence-corrected chi connectivity index (χ2v) is 8.00. The lowest BCUT2D eigenvalue weighted by atomic mass is 10.2. The SMILES string of the molecule is Cc1nn(-c2ccccc2)c(C)c1S(=O)(=O)N1CCc2ccccc21. The van der Waals surface area contributed by atoms with Gasteiger partial charge in [0.15, 0.2) is 0 Å². The first kappa shape index (κ1) is 15.9. The van der Waals surface area contributed by atoms with Gasteiger partial charge in [-0.3, -0.25) is 4.31 Å². The lowest BCUT2D eigenvalue weighted by Gasteiger charge is -2.19. The minimum atomic E-state index is -3.65. The monoisotopic (exact) mass is 353 g/mol. The van der Waals surface area contributed by atoms with Crippen LogP contribution in [0.2, 0.25) is 0 Å². The molecule has 0 fully saturated rings. The van der Waals surface area contributed by atoms with Crippen molar-refractivity contribution in [1.29, 1.82) is 0 Å². The number of hydrogen-bond donors (Lipinski definition) is 0. The van der Waals surface area contributed by atoms with E-state index in [0.29, 0.717) is 22.8 Å². The van der Waals surface area contributed by atoms with E-state index in [0.717, 1.165) is 23.4 Å². The van der Waals surface area contributed by atoms with Gasteiger partial charge in [0.1, 0.15) is 4.90 Å². The molecular weight excluding hydrogens is 334 g/mol. The third-order valence-corrected chi connectivity index (χ3v) is 6.68. The molecule has 0 N–H and O–H groups in total. The zero-order valence-corrected chi connectivity index (χ0v) is 15.0. The molecule has 128 valence electrons. The molecule has 5 nitrogen and oxygen atoms in total. The highest BCUT2D eigenvalue weighted by Crippen LogP contribution is 2.35. The molecule has 6 heteroatoms. The maximum Gasteiger partial charge on any atom is 0.268 e. The molecule has 3 aromatic rings. The number of rotatable bonds is 3. The molecule has 0 saturated carbocycles. The van der Waals surface area contributed by atoms with Gasteiger partial charge in [-0.15, -0.1) is 0 Å². The van der Waals surface area contributed by atoms with Gasteiger partial charge >= 0.3 is 0 Å². The summed E-state index contributed by atoms with van der Waals surface area (Å²) in [6.45, 7) is 4.03. The summed E-state index contributed by atoms with van der Waals surface area (Å²) in [5.41, 5.74) is 3.84. The number of aromatic nitrogens is 2. The maximum atomic E-state index is 13.4. The van der Waals surface area contributed by atoms with Crippen molar-refractivity contribution in [1.82, 2.24) is 9.78 Å². The fourth-order valence-electron chi connectivity index (χ4n) is 3.49. The van der Waals surface area contributed by atoms with Crippen LogP contribution in [0, 0.1) is 13.8 Å². The summed E-state index contributed by atoms with van der Waals surface area (Å²) >= 11 is 0. The molecule has 1 aliphatic rings. The molecule has 0 amide bonds. The quantitative estimate of drug-likeness (QED) is 0.726. The van der Waals surface area contributed by atoms with Gasteiger partial charge in [0.2, 0.25) is 0 Å². The Kier molecular flexibility index (Phi) is 3.65. The van der Waals surface area contributed by atoms with Crippen LogP contribution in [0.3, 0.4) is 0 Å². The van der Waals surface area contributed by atoms with E-state index in [1.165, 1.54) is 4.31 Å². The van der Waals surface area contributed by atoms with Gasteiger partial charge < -0.3 is 0 Å². The molecule has 0 atom stereocenters. The van der Waals surface area contributed by atoms with E-state index in [2.05, 4.69) is 5.10 Å². The molecule has 0 radical (unpaired) electrons. The summed E-state index contributed by atoms with van der Waals surface area (Å²) in [4.78, 5) is 0.299. The van der Waals surface area contributed by atoms with Gasteiger partial charge in [-0.05, 0) is 44.0 Å². The molecule has 1 aromatic heterocycles. The van der Waals surface area contributed by atoms with Crippen molar-refractivity contribution in [3.8, 4) is 5.69 Å². The van der Waals surface area contributed by atoms with E-state index >= 15 is 0 Å². The van der Waals surface area contributed by atoms with Crippen LogP contribution in [0.25, 0.3) is 5.69 Å². The van der Waals surface area contributed by atoms with Crippen molar-refractivity contribution < 1.29 is 8.42 Å². The van der Waals surface area contributed by atoms with E-state index in [9.17, 15) is 8.42 Å². The van der Waals surface area contributed by atoms with Gasteiger partial charge in [-0.1, -0.05) is 36.4 Å². The van der Waals surface area contributed by atoms with Crippen molar-refractivity contribution >= 4 is 15.7 Å². The fourth-order valence-corrected chi connectivity index (χ4v) is 5.35. The van der Waals surface area contributed by atoms with Crippen molar-refractivity contribution in [2.45, 2.75) is 25.2 Å². The predicted octanol–water partition coefficient (Wildman–Crippen LogP) is 3.24. The number of nitrogens with zero attached hydrogens (tertiary/aromatic N) is 3. The van der Waals surface area contributed by atoms with Gasteiger partial charge in [0, 0.05) is 6.54 Å². The molecule has 2 aromatic carbocycles. The molecule has 2 heterocycles. The van der Waals surface area contributed by atoms with Crippen molar-refractivity contribution in [2.75, 3.05) is 10.8 Å². The highest BCUT2D eigenvalue weighted by molar-refractivity contribution is 7.93. The van der Waals surface area contributed by atoms with Gasteiger partial charge in [-0.25, -0.2) is 13.1 Å². The van der Waals surface area contributed by atoms with Crippen LogP contribution in [0.1, 0.15) is 17.0 Å². The lowest BCUT2D eigenvalue weighted by molar-refractivity contribution is 0.591. The molecule has 4 rings (SSSR count). The average Bonchev–Trinajstić information content (AvgIpc) is 3.17. The Hall–Kier alpha value is -2.60. The summed E-state index contributed by atoms with van der Waals surface area (Å²) in [7, 11) is -3.65.